The Hall–Kier alpha value is -2.62. The van der Waals surface area contributed by atoms with E-state index in [2.05, 4.69) is 23.8 Å². The Morgan fingerprint density at radius 3 is 2.10 bits per heavy atom. The van der Waals surface area contributed by atoms with Crippen LogP contribution in [0.25, 0.3) is 22.3 Å². The van der Waals surface area contributed by atoms with Crippen LogP contribution in [0.1, 0.15) is 11.1 Å². The molecule has 0 bridgehead atoms. The van der Waals surface area contributed by atoms with Crippen molar-refractivity contribution in [1.29, 1.82) is 0 Å². The molecular formula is C16H16N4. The lowest BCUT2D eigenvalue weighted by Gasteiger charge is -2.10. The van der Waals surface area contributed by atoms with E-state index in [-0.39, 0.29) is 0 Å². The van der Waals surface area contributed by atoms with Crippen LogP contribution >= 0.6 is 0 Å². The second kappa shape index (κ2) is 4.49. The Labute approximate surface area is 117 Å². The number of aromatic nitrogens is 2. The summed E-state index contributed by atoms with van der Waals surface area (Å²) in [6.07, 6.45) is 0. The quantitative estimate of drug-likeness (QED) is 0.662. The first kappa shape index (κ1) is 12.4. The number of aryl methyl sites for hydroxylation is 2. The van der Waals surface area contributed by atoms with Crippen molar-refractivity contribution in [2.24, 2.45) is 0 Å². The van der Waals surface area contributed by atoms with Crippen LogP contribution < -0.4 is 11.5 Å². The number of anilines is 2. The zero-order chi connectivity index (χ0) is 14.3. The molecule has 0 atom stereocenters. The average Bonchev–Trinajstić information content (AvgIpc) is 2.41. The van der Waals surface area contributed by atoms with Crippen molar-refractivity contribution in [2.75, 3.05) is 11.5 Å². The zero-order valence-electron chi connectivity index (χ0n) is 11.5. The second-order valence-corrected chi connectivity index (χ2v) is 4.97. The number of para-hydroxylation sites is 1. The van der Waals surface area contributed by atoms with Crippen molar-refractivity contribution in [1.82, 2.24) is 9.97 Å². The molecule has 4 N–H and O–H groups in total. The van der Waals surface area contributed by atoms with E-state index < -0.39 is 0 Å². The number of nitrogens with two attached hydrogens (primary N) is 2. The molecule has 4 heteroatoms. The molecule has 0 fully saturated rings. The molecule has 0 aliphatic carbocycles. The van der Waals surface area contributed by atoms with Gasteiger partial charge in [0.05, 0.1) is 11.0 Å². The molecule has 0 amide bonds. The summed E-state index contributed by atoms with van der Waals surface area (Å²) in [5.74, 6) is 0.402. The van der Waals surface area contributed by atoms with Gasteiger partial charge in [-0.15, -0.1) is 0 Å². The minimum atomic E-state index is 0.402. The van der Waals surface area contributed by atoms with E-state index in [1.807, 2.05) is 36.4 Å². The summed E-state index contributed by atoms with van der Waals surface area (Å²) in [7, 11) is 0. The minimum Gasteiger partial charge on any atom is -0.398 e. The first-order valence-electron chi connectivity index (χ1n) is 6.45. The van der Waals surface area contributed by atoms with Gasteiger partial charge in [-0.25, -0.2) is 9.97 Å². The molecule has 0 saturated carbocycles. The number of rotatable bonds is 1. The average molecular weight is 264 g/mol. The predicted octanol–water partition coefficient (Wildman–Crippen LogP) is 3.08. The highest BCUT2D eigenvalue weighted by Crippen LogP contribution is 2.29. The van der Waals surface area contributed by atoms with Gasteiger partial charge in [0.2, 0.25) is 0 Å². The first-order valence-corrected chi connectivity index (χ1v) is 6.45. The summed E-state index contributed by atoms with van der Waals surface area (Å²) in [5, 5.41) is 0. The Morgan fingerprint density at radius 2 is 1.45 bits per heavy atom. The summed E-state index contributed by atoms with van der Waals surface area (Å²) in [5.41, 5.74) is 18.2. The van der Waals surface area contributed by atoms with Crippen LogP contribution in [0.2, 0.25) is 0 Å². The van der Waals surface area contributed by atoms with Gasteiger partial charge in [0, 0.05) is 11.3 Å². The number of hydrogen-bond donors (Lipinski definition) is 2. The van der Waals surface area contributed by atoms with Gasteiger partial charge in [0.1, 0.15) is 5.69 Å². The maximum Gasteiger partial charge on any atom is 0.150 e. The first-order chi connectivity index (χ1) is 9.56. The summed E-state index contributed by atoms with van der Waals surface area (Å²) >= 11 is 0. The lowest BCUT2D eigenvalue weighted by molar-refractivity contribution is 1.27. The number of fused-ring (bicyclic) bond motifs is 1. The van der Waals surface area contributed by atoms with Gasteiger partial charge in [-0.1, -0.05) is 18.2 Å². The largest absolute Gasteiger partial charge is 0.398 e. The fourth-order valence-corrected chi connectivity index (χ4v) is 2.24. The zero-order valence-corrected chi connectivity index (χ0v) is 11.5. The SMILES string of the molecule is Cc1cc2nc(N)c(-c3ccccc3N)nc2cc1C. The fourth-order valence-electron chi connectivity index (χ4n) is 2.24. The van der Waals surface area contributed by atoms with Gasteiger partial charge in [0.15, 0.2) is 5.82 Å². The predicted molar refractivity (Wildman–Crippen MR) is 83.3 cm³/mol. The molecule has 1 heterocycles. The maximum atomic E-state index is 6.05. The Balaban J connectivity index is 2.30. The molecule has 0 aliphatic rings. The van der Waals surface area contributed by atoms with Gasteiger partial charge < -0.3 is 11.5 Å². The highest BCUT2D eigenvalue weighted by atomic mass is 14.9. The van der Waals surface area contributed by atoms with Crippen LogP contribution in [0.5, 0.6) is 0 Å². The van der Waals surface area contributed by atoms with E-state index >= 15 is 0 Å². The van der Waals surface area contributed by atoms with Gasteiger partial charge in [0.25, 0.3) is 0 Å². The number of nitrogens with zero attached hydrogens (tertiary/aromatic N) is 2. The Morgan fingerprint density at radius 1 is 0.850 bits per heavy atom. The van der Waals surface area contributed by atoms with Crippen molar-refractivity contribution in [3.8, 4) is 11.3 Å². The second-order valence-electron chi connectivity index (χ2n) is 4.97. The fraction of sp³-hybridized carbons (Fsp3) is 0.125. The van der Waals surface area contributed by atoms with Gasteiger partial charge in [-0.2, -0.15) is 0 Å². The maximum absolute atomic E-state index is 6.05. The summed E-state index contributed by atoms with van der Waals surface area (Å²) in [4.78, 5) is 9.10. The lowest BCUT2D eigenvalue weighted by Crippen LogP contribution is -2.01. The Kier molecular flexibility index (Phi) is 2.79. The third-order valence-electron chi connectivity index (χ3n) is 3.52. The molecule has 0 aliphatic heterocycles. The lowest BCUT2D eigenvalue weighted by atomic mass is 10.1. The van der Waals surface area contributed by atoms with Crippen molar-refractivity contribution in [3.63, 3.8) is 0 Å². The molecule has 4 nitrogen and oxygen atoms in total. The third-order valence-corrected chi connectivity index (χ3v) is 3.52. The van der Waals surface area contributed by atoms with Gasteiger partial charge in [-0.05, 0) is 43.2 Å². The topological polar surface area (TPSA) is 77.8 Å². The summed E-state index contributed by atoms with van der Waals surface area (Å²) in [6, 6.07) is 11.6. The molecule has 20 heavy (non-hydrogen) atoms. The number of benzene rings is 2. The van der Waals surface area contributed by atoms with Crippen molar-refractivity contribution in [2.45, 2.75) is 13.8 Å². The summed E-state index contributed by atoms with van der Waals surface area (Å²) < 4.78 is 0. The smallest absolute Gasteiger partial charge is 0.150 e. The Bertz CT molecular complexity index is 809. The van der Waals surface area contributed by atoms with E-state index in [4.69, 9.17) is 11.5 Å². The normalized spacial score (nSPS) is 10.9. The van der Waals surface area contributed by atoms with E-state index in [1.54, 1.807) is 0 Å². The molecule has 0 unspecified atom stereocenters. The van der Waals surface area contributed by atoms with Crippen LogP contribution in [0.3, 0.4) is 0 Å². The molecule has 0 radical (unpaired) electrons. The van der Waals surface area contributed by atoms with E-state index in [1.165, 1.54) is 11.1 Å². The summed E-state index contributed by atoms with van der Waals surface area (Å²) in [6.45, 7) is 4.11. The van der Waals surface area contributed by atoms with E-state index in [9.17, 15) is 0 Å². The molecule has 3 rings (SSSR count). The van der Waals surface area contributed by atoms with Crippen LogP contribution in [0, 0.1) is 13.8 Å². The molecule has 1 aromatic heterocycles. The monoisotopic (exact) mass is 264 g/mol. The number of nitrogen functional groups attached to an aromatic ring is 2. The van der Waals surface area contributed by atoms with Crippen LogP contribution in [-0.4, -0.2) is 9.97 Å². The van der Waals surface area contributed by atoms with Crippen LogP contribution in [0.15, 0.2) is 36.4 Å². The van der Waals surface area contributed by atoms with E-state index in [0.717, 1.165) is 16.6 Å². The van der Waals surface area contributed by atoms with Gasteiger partial charge >= 0.3 is 0 Å². The molecule has 0 spiro atoms. The number of hydrogen-bond acceptors (Lipinski definition) is 4. The molecule has 100 valence electrons. The van der Waals surface area contributed by atoms with E-state index in [0.29, 0.717) is 17.2 Å². The highest BCUT2D eigenvalue weighted by molar-refractivity contribution is 5.86. The van der Waals surface area contributed by atoms with Crippen LogP contribution in [0.4, 0.5) is 11.5 Å². The minimum absolute atomic E-state index is 0.402. The standard InChI is InChI=1S/C16H16N4/c1-9-7-13-14(8-10(9)2)20-16(18)15(19-13)11-5-3-4-6-12(11)17/h3-8H,17H2,1-2H3,(H2,18,20). The van der Waals surface area contributed by atoms with Crippen LogP contribution in [-0.2, 0) is 0 Å². The molecular weight excluding hydrogens is 248 g/mol. The van der Waals surface area contributed by atoms with Crippen molar-refractivity contribution < 1.29 is 0 Å². The molecule has 2 aromatic carbocycles. The van der Waals surface area contributed by atoms with Crippen molar-refractivity contribution in [3.05, 3.63) is 47.5 Å². The molecule has 3 aromatic rings. The molecule has 0 saturated heterocycles. The third kappa shape index (κ3) is 1.95. The van der Waals surface area contributed by atoms with Gasteiger partial charge in [-0.3, -0.25) is 0 Å². The van der Waals surface area contributed by atoms with Crippen molar-refractivity contribution >= 4 is 22.5 Å². The highest BCUT2D eigenvalue weighted by Gasteiger charge is 2.11.